The van der Waals surface area contributed by atoms with Gasteiger partial charge in [-0.15, -0.1) is 0 Å². The molecule has 1 N–H and O–H groups in total. The van der Waals surface area contributed by atoms with E-state index in [0.717, 1.165) is 22.4 Å². The number of nitrogens with one attached hydrogen (secondary N) is 1. The van der Waals surface area contributed by atoms with Crippen LogP contribution in [-0.2, 0) is 9.47 Å². The molecule has 142 valence electrons. The van der Waals surface area contributed by atoms with E-state index in [1.165, 1.54) is 7.11 Å². The quantitative estimate of drug-likeness (QED) is 0.737. The van der Waals surface area contributed by atoms with Crippen LogP contribution in [-0.4, -0.2) is 24.9 Å². The summed E-state index contributed by atoms with van der Waals surface area (Å²) >= 11 is 0. The Balaban J connectivity index is 2.00. The Bertz CT molecular complexity index is 886. The normalized spacial score (nSPS) is 15.4. The van der Waals surface area contributed by atoms with Gasteiger partial charge in [0.1, 0.15) is 5.60 Å². The summed E-state index contributed by atoms with van der Waals surface area (Å²) in [4.78, 5) is 26.0. The molecule has 2 aromatic carbocycles. The number of carbonyl (C=O) groups is 2. The van der Waals surface area contributed by atoms with Crippen molar-refractivity contribution in [1.29, 1.82) is 0 Å². The van der Waals surface area contributed by atoms with E-state index in [4.69, 9.17) is 9.47 Å². The number of hydrogen-bond acceptors (Lipinski definition) is 4. The van der Waals surface area contributed by atoms with Crippen molar-refractivity contribution in [2.45, 2.75) is 39.3 Å². The van der Waals surface area contributed by atoms with Crippen molar-refractivity contribution in [3.05, 3.63) is 48.0 Å². The number of nitrogens with zero attached hydrogens (tertiary/aromatic N) is 1. The van der Waals surface area contributed by atoms with Gasteiger partial charge in [-0.3, -0.25) is 10.2 Å². The predicted molar refractivity (Wildman–Crippen MR) is 105 cm³/mol. The number of anilines is 2. The maximum atomic E-state index is 12.3. The summed E-state index contributed by atoms with van der Waals surface area (Å²) in [6.07, 6.45) is -0.910. The number of para-hydroxylation sites is 1. The Hall–Kier alpha value is -3.02. The van der Waals surface area contributed by atoms with Gasteiger partial charge in [0, 0.05) is 11.3 Å². The summed E-state index contributed by atoms with van der Waals surface area (Å²) in [5, 5.41) is 2.77. The van der Waals surface area contributed by atoms with Gasteiger partial charge in [0.25, 0.3) is 0 Å². The van der Waals surface area contributed by atoms with E-state index in [0.29, 0.717) is 5.69 Å². The van der Waals surface area contributed by atoms with Gasteiger partial charge in [-0.25, -0.2) is 9.59 Å². The third kappa shape index (κ3) is 3.74. The van der Waals surface area contributed by atoms with Crippen LogP contribution in [0.5, 0.6) is 0 Å². The molecule has 27 heavy (non-hydrogen) atoms. The zero-order chi connectivity index (χ0) is 19.8. The van der Waals surface area contributed by atoms with Crippen molar-refractivity contribution in [1.82, 2.24) is 0 Å². The third-order valence-electron chi connectivity index (χ3n) is 4.36. The van der Waals surface area contributed by atoms with E-state index < -0.39 is 17.8 Å². The van der Waals surface area contributed by atoms with E-state index in [1.54, 1.807) is 4.90 Å². The molecule has 3 rings (SSSR count). The third-order valence-corrected chi connectivity index (χ3v) is 4.36. The Labute approximate surface area is 159 Å². The standard InChI is InChI=1S/C21H24N2O4/c1-13-15-11-10-14(22-19(24)27-21(2,3)4)12-17(15)16-8-6-7-9-18(16)23(13)20(25)26-5/h6-13H,1-5H3,(H,22,24). The van der Waals surface area contributed by atoms with E-state index in [1.807, 2.05) is 70.2 Å². The van der Waals surface area contributed by atoms with Gasteiger partial charge in [-0.2, -0.15) is 0 Å². The molecule has 0 aromatic heterocycles. The first kappa shape index (κ1) is 18.8. The molecule has 1 atom stereocenters. The average Bonchev–Trinajstić information content (AvgIpc) is 2.60. The molecule has 2 amide bonds. The summed E-state index contributed by atoms with van der Waals surface area (Å²) in [6.45, 7) is 7.41. The Morgan fingerprint density at radius 2 is 1.78 bits per heavy atom. The SMILES string of the molecule is COC(=O)N1c2ccccc2-c2cc(NC(=O)OC(C)(C)C)ccc2C1C. The zero-order valence-electron chi connectivity index (χ0n) is 16.2. The molecule has 1 aliphatic heterocycles. The summed E-state index contributed by atoms with van der Waals surface area (Å²) < 4.78 is 10.3. The van der Waals surface area contributed by atoms with E-state index >= 15 is 0 Å². The molecule has 0 spiro atoms. The van der Waals surface area contributed by atoms with Crippen molar-refractivity contribution in [2.75, 3.05) is 17.3 Å². The second-order valence-electron chi connectivity index (χ2n) is 7.46. The monoisotopic (exact) mass is 368 g/mol. The lowest BCUT2D eigenvalue weighted by molar-refractivity contribution is 0.0636. The first-order chi connectivity index (χ1) is 12.7. The molecule has 0 aliphatic carbocycles. The van der Waals surface area contributed by atoms with E-state index in [-0.39, 0.29) is 6.04 Å². The highest BCUT2D eigenvalue weighted by atomic mass is 16.6. The number of hydrogen-bond donors (Lipinski definition) is 1. The molecule has 0 saturated heterocycles. The highest BCUT2D eigenvalue weighted by Crippen LogP contribution is 2.45. The van der Waals surface area contributed by atoms with Crippen LogP contribution >= 0.6 is 0 Å². The van der Waals surface area contributed by atoms with Gasteiger partial charge in [-0.05, 0) is 57.0 Å². The lowest BCUT2D eigenvalue weighted by atomic mass is 9.88. The summed E-state index contributed by atoms with van der Waals surface area (Å²) in [5.41, 5.74) is 3.69. The van der Waals surface area contributed by atoms with Gasteiger partial charge in [0.2, 0.25) is 0 Å². The second kappa shape index (κ2) is 6.95. The highest BCUT2D eigenvalue weighted by Gasteiger charge is 2.33. The number of amides is 2. The number of rotatable bonds is 1. The number of methoxy groups -OCH3 is 1. The fourth-order valence-electron chi connectivity index (χ4n) is 3.27. The van der Waals surface area contributed by atoms with Crippen LogP contribution in [0.15, 0.2) is 42.5 Å². The molecular formula is C21H24N2O4. The van der Waals surface area contributed by atoms with Crippen LogP contribution in [0.3, 0.4) is 0 Å². The topological polar surface area (TPSA) is 67.9 Å². The van der Waals surface area contributed by atoms with Crippen LogP contribution in [0.4, 0.5) is 21.0 Å². The minimum atomic E-state index is -0.569. The fraction of sp³-hybridized carbons (Fsp3) is 0.333. The lowest BCUT2D eigenvalue weighted by Gasteiger charge is -2.36. The van der Waals surface area contributed by atoms with E-state index in [2.05, 4.69) is 5.32 Å². The van der Waals surface area contributed by atoms with Crippen LogP contribution in [0.25, 0.3) is 11.1 Å². The second-order valence-corrected chi connectivity index (χ2v) is 7.46. The Morgan fingerprint density at radius 1 is 1.07 bits per heavy atom. The van der Waals surface area contributed by atoms with Crippen molar-refractivity contribution < 1.29 is 19.1 Å². The molecule has 1 unspecified atom stereocenters. The zero-order valence-corrected chi connectivity index (χ0v) is 16.2. The number of fused-ring (bicyclic) bond motifs is 3. The predicted octanol–water partition coefficient (Wildman–Crippen LogP) is 5.35. The van der Waals surface area contributed by atoms with Crippen LogP contribution in [0, 0.1) is 0 Å². The number of ether oxygens (including phenoxy) is 2. The van der Waals surface area contributed by atoms with Gasteiger partial charge >= 0.3 is 12.2 Å². The minimum absolute atomic E-state index is 0.196. The van der Waals surface area contributed by atoms with Gasteiger partial charge < -0.3 is 9.47 Å². The maximum absolute atomic E-state index is 12.3. The van der Waals surface area contributed by atoms with Crippen molar-refractivity contribution in [2.24, 2.45) is 0 Å². The minimum Gasteiger partial charge on any atom is -0.452 e. The Kier molecular flexibility index (Phi) is 4.83. The maximum Gasteiger partial charge on any atom is 0.414 e. The molecular weight excluding hydrogens is 344 g/mol. The summed E-state index contributed by atoms with van der Waals surface area (Å²) in [7, 11) is 1.38. The van der Waals surface area contributed by atoms with Crippen molar-refractivity contribution >= 4 is 23.6 Å². The number of carbonyl (C=O) groups excluding carboxylic acids is 2. The molecule has 1 aliphatic rings. The molecule has 6 heteroatoms. The largest absolute Gasteiger partial charge is 0.452 e. The molecule has 6 nitrogen and oxygen atoms in total. The highest BCUT2D eigenvalue weighted by molar-refractivity contribution is 5.99. The van der Waals surface area contributed by atoms with Crippen molar-refractivity contribution in [3.8, 4) is 11.1 Å². The molecule has 0 radical (unpaired) electrons. The van der Waals surface area contributed by atoms with Gasteiger partial charge in [-0.1, -0.05) is 24.3 Å². The smallest absolute Gasteiger partial charge is 0.414 e. The van der Waals surface area contributed by atoms with Crippen LogP contribution in [0.2, 0.25) is 0 Å². The van der Waals surface area contributed by atoms with E-state index in [9.17, 15) is 9.59 Å². The van der Waals surface area contributed by atoms with Gasteiger partial charge in [0.05, 0.1) is 18.8 Å². The lowest BCUT2D eigenvalue weighted by Crippen LogP contribution is -2.36. The van der Waals surface area contributed by atoms with Crippen LogP contribution in [0.1, 0.15) is 39.3 Å². The average molecular weight is 368 g/mol. The molecule has 0 saturated carbocycles. The Morgan fingerprint density at radius 3 is 2.44 bits per heavy atom. The number of benzene rings is 2. The molecule has 0 fully saturated rings. The molecule has 0 bridgehead atoms. The first-order valence-corrected chi connectivity index (χ1v) is 8.82. The summed E-state index contributed by atoms with van der Waals surface area (Å²) in [5.74, 6) is 0. The van der Waals surface area contributed by atoms with Crippen molar-refractivity contribution in [3.63, 3.8) is 0 Å². The summed E-state index contributed by atoms with van der Waals surface area (Å²) in [6, 6.07) is 13.1. The molecule has 2 aromatic rings. The van der Waals surface area contributed by atoms with Gasteiger partial charge in [0.15, 0.2) is 0 Å². The fourth-order valence-corrected chi connectivity index (χ4v) is 3.27. The first-order valence-electron chi connectivity index (χ1n) is 8.82. The molecule has 1 heterocycles. The van der Waals surface area contributed by atoms with Crippen LogP contribution < -0.4 is 10.2 Å².